The number of anilines is 1. The molecule has 144 valence electrons. The summed E-state index contributed by atoms with van der Waals surface area (Å²) in [6.07, 6.45) is -1.10. The van der Waals surface area contributed by atoms with Gasteiger partial charge in [0.15, 0.2) is 6.10 Å². The molecule has 0 heterocycles. The number of para-hydroxylation sites is 1. The van der Waals surface area contributed by atoms with Crippen molar-refractivity contribution in [2.45, 2.75) is 30.9 Å². The van der Waals surface area contributed by atoms with Crippen molar-refractivity contribution >= 4 is 39.2 Å². The van der Waals surface area contributed by atoms with Gasteiger partial charge in [0.1, 0.15) is 6.04 Å². The van der Waals surface area contributed by atoms with E-state index in [1.54, 1.807) is 30.3 Å². The average Bonchev–Trinajstić information content (AvgIpc) is 2.62. The maximum atomic E-state index is 12.3. The average molecular weight is 411 g/mol. The molecule has 1 amide bonds. The molecule has 7 nitrogen and oxygen atoms in total. The van der Waals surface area contributed by atoms with Crippen molar-refractivity contribution in [2.24, 2.45) is 0 Å². The number of sulfonamides is 1. The molecule has 2 atom stereocenters. The number of hydrogen-bond acceptors (Lipinski definition) is 5. The Hall–Kier alpha value is -2.42. The maximum absolute atomic E-state index is 12.3. The highest BCUT2D eigenvalue weighted by molar-refractivity contribution is 7.89. The number of rotatable bonds is 7. The van der Waals surface area contributed by atoms with Gasteiger partial charge in [-0.2, -0.15) is 4.72 Å². The molecule has 0 aromatic heterocycles. The van der Waals surface area contributed by atoms with Crippen LogP contribution in [0.3, 0.4) is 0 Å². The first-order chi connectivity index (χ1) is 12.7. The number of nitrogens with one attached hydrogen (secondary N) is 2. The Morgan fingerprint density at radius 1 is 1.04 bits per heavy atom. The van der Waals surface area contributed by atoms with E-state index in [4.69, 9.17) is 16.3 Å². The second-order valence-corrected chi connectivity index (χ2v) is 7.89. The number of esters is 1. The van der Waals surface area contributed by atoms with Crippen LogP contribution < -0.4 is 10.0 Å². The number of carbonyl (C=O) groups is 2. The van der Waals surface area contributed by atoms with Crippen LogP contribution in [-0.2, 0) is 24.3 Å². The van der Waals surface area contributed by atoms with E-state index in [0.29, 0.717) is 5.69 Å². The molecule has 0 fully saturated rings. The smallest absolute Gasteiger partial charge is 0.324 e. The summed E-state index contributed by atoms with van der Waals surface area (Å²) in [4.78, 5) is 24.1. The van der Waals surface area contributed by atoms with E-state index in [1.165, 1.54) is 38.1 Å². The van der Waals surface area contributed by atoms with Crippen LogP contribution in [0.25, 0.3) is 0 Å². The topological polar surface area (TPSA) is 102 Å². The fraction of sp³-hybridized carbons (Fsp3) is 0.222. The number of halogens is 1. The third-order valence-corrected chi connectivity index (χ3v) is 5.27. The van der Waals surface area contributed by atoms with Crippen LogP contribution in [0.5, 0.6) is 0 Å². The molecule has 0 radical (unpaired) electrons. The quantitative estimate of drug-likeness (QED) is 0.683. The van der Waals surface area contributed by atoms with Crippen LogP contribution in [0.1, 0.15) is 13.8 Å². The van der Waals surface area contributed by atoms with Crippen molar-refractivity contribution in [3.8, 4) is 0 Å². The summed E-state index contributed by atoms with van der Waals surface area (Å²) in [5.41, 5.74) is 0.556. The summed E-state index contributed by atoms with van der Waals surface area (Å²) >= 11 is 5.79. The zero-order valence-electron chi connectivity index (χ0n) is 14.7. The lowest BCUT2D eigenvalue weighted by Gasteiger charge is -2.17. The Kier molecular flexibility index (Phi) is 6.95. The van der Waals surface area contributed by atoms with Crippen molar-refractivity contribution in [1.29, 1.82) is 0 Å². The predicted octanol–water partition coefficient (Wildman–Crippen LogP) is 2.58. The van der Waals surface area contributed by atoms with E-state index in [9.17, 15) is 18.0 Å². The van der Waals surface area contributed by atoms with Gasteiger partial charge in [-0.25, -0.2) is 8.42 Å². The van der Waals surface area contributed by atoms with E-state index in [0.717, 1.165) is 0 Å². The van der Waals surface area contributed by atoms with Crippen molar-refractivity contribution in [2.75, 3.05) is 5.32 Å². The van der Waals surface area contributed by atoms with Gasteiger partial charge in [0.05, 0.1) is 4.90 Å². The van der Waals surface area contributed by atoms with E-state index in [1.807, 2.05) is 0 Å². The third kappa shape index (κ3) is 6.06. The van der Waals surface area contributed by atoms with Crippen molar-refractivity contribution in [1.82, 2.24) is 4.72 Å². The molecule has 0 saturated carbocycles. The summed E-state index contributed by atoms with van der Waals surface area (Å²) in [6, 6.07) is 13.1. The van der Waals surface area contributed by atoms with E-state index in [-0.39, 0.29) is 9.92 Å². The minimum Gasteiger partial charge on any atom is -0.451 e. The first-order valence-electron chi connectivity index (χ1n) is 8.03. The fourth-order valence-corrected chi connectivity index (χ4v) is 3.57. The predicted molar refractivity (Wildman–Crippen MR) is 102 cm³/mol. The molecule has 0 unspecified atom stereocenters. The molecule has 2 rings (SSSR count). The first kappa shape index (κ1) is 20.9. The van der Waals surface area contributed by atoms with Gasteiger partial charge in [-0.1, -0.05) is 35.9 Å². The van der Waals surface area contributed by atoms with Gasteiger partial charge < -0.3 is 10.1 Å². The monoisotopic (exact) mass is 410 g/mol. The molecule has 27 heavy (non-hydrogen) atoms. The number of amides is 1. The molecule has 9 heteroatoms. The summed E-state index contributed by atoms with van der Waals surface area (Å²) in [5, 5.41) is 2.85. The summed E-state index contributed by atoms with van der Waals surface area (Å²) in [5.74, 6) is -1.41. The van der Waals surface area contributed by atoms with Gasteiger partial charge in [-0.15, -0.1) is 0 Å². The highest BCUT2D eigenvalue weighted by atomic mass is 35.5. The fourth-order valence-electron chi connectivity index (χ4n) is 2.08. The number of benzene rings is 2. The molecule has 0 aliphatic heterocycles. The van der Waals surface area contributed by atoms with Gasteiger partial charge in [0.25, 0.3) is 5.91 Å². The molecule has 0 spiro atoms. The SMILES string of the molecule is C[C@H](NS(=O)(=O)c1cccc(Cl)c1)C(=O)O[C@H](C)C(=O)Nc1ccccc1. The van der Waals surface area contributed by atoms with Gasteiger partial charge in [-0.3, -0.25) is 9.59 Å². The zero-order chi connectivity index (χ0) is 20.0. The largest absolute Gasteiger partial charge is 0.451 e. The second-order valence-electron chi connectivity index (χ2n) is 5.73. The van der Waals surface area contributed by atoms with Gasteiger partial charge in [0.2, 0.25) is 10.0 Å². The Labute approximate surface area is 162 Å². The summed E-state index contributed by atoms with van der Waals surface area (Å²) in [6.45, 7) is 2.72. The van der Waals surface area contributed by atoms with Crippen LogP contribution in [-0.4, -0.2) is 32.4 Å². The van der Waals surface area contributed by atoms with Crippen LogP contribution >= 0.6 is 11.6 Å². The Bertz CT molecular complexity index is 918. The highest BCUT2D eigenvalue weighted by Crippen LogP contribution is 2.16. The van der Waals surface area contributed by atoms with E-state index < -0.39 is 34.0 Å². The molecule has 2 aromatic carbocycles. The van der Waals surface area contributed by atoms with Crippen molar-refractivity contribution < 1.29 is 22.7 Å². The van der Waals surface area contributed by atoms with Crippen LogP contribution in [0.4, 0.5) is 5.69 Å². The molecule has 0 saturated heterocycles. The van der Waals surface area contributed by atoms with Crippen LogP contribution in [0.15, 0.2) is 59.5 Å². The molecular weight excluding hydrogens is 392 g/mol. The lowest BCUT2D eigenvalue weighted by molar-refractivity contribution is -0.154. The third-order valence-electron chi connectivity index (χ3n) is 3.50. The molecule has 2 N–H and O–H groups in total. The van der Waals surface area contributed by atoms with Crippen molar-refractivity contribution in [3.05, 3.63) is 59.6 Å². The zero-order valence-corrected chi connectivity index (χ0v) is 16.3. The lowest BCUT2D eigenvalue weighted by Crippen LogP contribution is -2.42. The lowest BCUT2D eigenvalue weighted by atomic mass is 10.3. The highest BCUT2D eigenvalue weighted by Gasteiger charge is 2.26. The molecule has 0 aliphatic carbocycles. The molecule has 0 aliphatic rings. The summed E-state index contributed by atoms with van der Waals surface area (Å²) < 4.78 is 31.9. The molecule has 2 aromatic rings. The molecular formula is C18H19ClN2O5S. The number of ether oxygens (including phenoxy) is 1. The normalized spacial score (nSPS) is 13.4. The second kappa shape index (κ2) is 8.98. The van der Waals surface area contributed by atoms with E-state index in [2.05, 4.69) is 10.0 Å². The number of carbonyl (C=O) groups excluding carboxylic acids is 2. The minimum absolute atomic E-state index is 0.0791. The Morgan fingerprint density at radius 3 is 2.33 bits per heavy atom. The Balaban J connectivity index is 1.95. The van der Waals surface area contributed by atoms with Crippen molar-refractivity contribution in [3.63, 3.8) is 0 Å². The van der Waals surface area contributed by atoms with Gasteiger partial charge >= 0.3 is 5.97 Å². The molecule has 0 bridgehead atoms. The first-order valence-corrected chi connectivity index (χ1v) is 9.89. The summed E-state index contributed by atoms with van der Waals surface area (Å²) in [7, 11) is -3.97. The van der Waals surface area contributed by atoms with Crippen LogP contribution in [0, 0.1) is 0 Å². The van der Waals surface area contributed by atoms with Gasteiger partial charge in [-0.05, 0) is 44.2 Å². The standard InChI is InChI=1S/C18H19ClN2O5S/c1-12(21-27(24,25)16-10-6-7-14(19)11-16)18(23)26-13(2)17(22)20-15-8-4-3-5-9-15/h3-13,21H,1-2H3,(H,20,22)/t12-,13+/m0/s1. The number of hydrogen-bond donors (Lipinski definition) is 2. The Morgan fingerprint density at radius 2 is 1.70 bits per heavy atom. The van der Waals surface area contributed by atoms with Gasteiger partial charge in [0, 0.05) is 10.7 Å². The minimum atomic E-state index is -3.97. The van der Waals surface area contributed by atoms with Crippen LogP contribution in [0.2, 0.25) is 5.02 Å². The van der Waals surface area contributed by atoms with E-state index >= 15 is 0 Å². The maximum Gasteiger partial charge on any atom is 0.324 e.